The summed E-state index contributed by atoms with van der Waals surface area (Å²) in [5.74, 6) is -0.943. The molecule has 2 aromatic rings. The first-order chi connectivity index (χ1) is 13.0. The fourth-order valence-electron chi connectivity index (χ4n) is 2.28. The Kier molecular flexibility index (Phi) is 5.46. The molecule has 140 valence electrons. The molecule has 0 aromatic heterocycles. The SMILES string of the molecule is COc1ccc(C(=O)NC(=O)COC(=O)c2cc(Cl)c3c(c2)OCO3)cc1. The molecular weight excluding hydrogens is 378 g/mol. The minimum Gasteiger partial charge on any atom is -0.497 e. The molecule has 1 aliphatic rings. The molecule has 0 saturated carbocycles. The summed E-state index contributed by atoms with van der Waals surface area (Å²) in [5, 5.41) is 2.32. The molecule has 0 spiro atoms. The van der Waals surface area contributed by atoms with Gasteiger partial charge in [-0.25, -0.2) is 4.79 Å². The van der Waals surface area contributed by atoms with Crippen LogP contribution in [0.5, 0.6) is 17.2 Å². The number of esters is 1. The van der Waals surface area contributed by atoms with E-state index in [0.29, 0.717) is 17.2 Å². The van der Waals surface area contributed by atoms with Crippen LogP contribution in [0.1, 0.15) is 20.7 Å². The number of imide groups is 1. The van der Waals surface area contributed by atoms with Crippen LogP contribution in [0.15, 0.2) is 36.4 Å². The Morgan fingerprint density at radius 1 is 1.11 bits per heavy atom. The zero-order valence-corrected chi connectivity index (χ0v) is 14.9. The van der Waals surface area contributed by atoms with Crippen LogP contribution >= 0.6 is 11.6 Å². The van der Waals surface area contributed by atoms with Crippen molar-refractivity contribution in [1.82, 2.24) is 5.32 Å². The highest BCUT2D eigenvalue weighted by Gasteiger charge is 2.22. The van der Waals surface area contributed by atoms with Crippen LogP contribution in [-0.2, 0) is 9.53 Å². The Labute approximate surface area is 158 Å². The monoisotopic (exact) mass is 391 g/mol. The molecule has 2 amide bonds. The molecule has 0 saturated heterocycles. The van der Waals surface area contributed by atoms with Crippen LogP contribution in [0.3, 0.4) is 0 Å². The van der Waals surface area contributed by atoms with Gasteiger partial charge in [-0.3, -0.25) is 14.9 Å². The standard InChI is InChI=1S/C18H14ClNO7/c1-24-12-4-2-10(3-5-12)17(22)20-15(21)8-25-18(23)11-6-13(19)16-14(7-11)26-9-27-16/h2-7H,8-9H2,1H3,(H,20,21,22). The maximum absolute atomic E-state index is 12.1. The minimum atomic E-state index is -0.790. The highest BCUT2D eigenvalue weighted by Crippen LogP contribution is 2.39. The molecule has 0 aliphatic carbocycles. The normalized spacial score (nSPS) is 11.6. The van der Waals surface area contributed by atoms with Crippen LogP contribution in [0.4, 0.5) is 0 Å². The predicted molar refractivity (Wildman–Crippen MR) is 93.3 cm³/mol. The second-order valence-corrected chi connectivity index (χ2v) is 5.78. The van der Waals surface area contributed by atoms with Crippen molar-refractivity contribution in [3.8, 4) is 17.2 Å². The Hall–Kier alpha value is -3.26. The molecule has 0 atom stereocenters. The predicted octanol–water partition coefficient (Wildman–Crippen LogP) is 2.19. The molecule has 2 aromatic carbocycles. The number of methoxy groups -OCH3 is 1. The highest BCUT2D eigenvalue weighted by atomic mass is 35.5. The Morgan fingerprint density at radius 3 is 2.56 bits per heavy atom. The average molecular weight is 392 g/mol. The van der Waals surface area contributed by atoms with Gasteiger partial charge in [0.25, 0.3) is 11.8 Å². The average Bonchev–Trinajstić information content (AvgIpc) is 3.15. The van der Waals surface area contributed by atoms with Crippen molar-refractivity contribution in [2.45, 2.75) is 0 Å². The maximum atomic E-state index is 12.1. The van der Waals surface area contributed by atoms with E-state index in [9.17, 15) is 14.4 Å². The fourth-order valence-corrected chi connectivity index (χ4v) is 2.54. The van der Waals surface area contributed by atoms with E-state index in [0.717, 1.165) is 0 Å². The van der Waals surface area contributed by atoms with Crippen molar-refractivity contribution in [3.63, 3.8) is 0 Å². The van der Waals surface area contributed by atoms with Gasteiger partial charge in [0.1, 0.15) is 5.75 Å². The zero-order chi connectivity index (χ0) is 19.4. The van der Waals surface area contributed by atoms with E-state index in [4.69, 9.17) is 30.5 Å². The van der Waals surface area contributed by atoms with E-state index in [1.54, 1.807) is 12.1 Å². The molecule has 1 N–H and O–H groups in total. The van der Waals surface area contributed by atoms with Crippen LogP contribution in [0.2, 0.25) is 5.02 Å². The molecule has 0 radical (unpaired) electrons. The minimum absolute atomic E-state index is 0.00340. The summed E-state index contributed by atoms with van der Waals surface area (Å²) in [7, 11) is 1.50. The maximum Gasteiger partial charge on any atom is 0.338 e. The third-order valence-electron chi connectivity index (χ3n) is 3.60. The lowest BCUT2D eigenvalue weighted by molar-refractivity contribution is -0.123. The van der Waals surface area contributed by atoms with Crippen molar-refractivity contribution >= 4 is 29.4 Å². The summed E-state index contributed by atoms with van der Waals surface area (Å²) in [6.07, 6.45) is 0. The van der Waals surface area contributed by atoms with E-state index in [2.05, 4.69) is 5.32 Å². The quantitative estimate of drug-likeness (QED) is 0.780. The van der Waals surface area contributed by atoms with Crippen molar-refractivity contribution in [2.75, 3.05) is 20.5 Å². The summed E-state index contributed by atoms with van der Waals surface area (Å²) in [5.41, 5.74) is 0.358. The summed E-state index contributed by atoms with van der Waals surface area (Å²) < 4.78 is 20.2. The summed E-state index contributed by atoms with van der Waals surface area (Å²) >= 11 is 5.99. The van der Waals surface area contributed by atoms with Gasteiger partial charge in [-0.1, -0.05) is 11.6 Å². The van der Waals surface area contributed by atoms with Gasteiger partial charge in [0.2, 0.25) is 6.79 Å². The van der Waals surface area contributed by atoms with Crippen LogP contribution in [0, 0.1) is 0 Å². The van der Waals surface area contributed by atoms with Gasteiger partial charge in [0.05, 0.1) is 17.7 Å². The number of benzene rings is 2. The summed E-state index contributed by atoms with van der Waals surface area (Å²) in [6.45, 7) is -0.629. The molecule has 8 nitrogen and oxygen atoms in total. The number of fused-ring (bicyclic) bond motifs is 1. The van der Waals surface area contributed by atoms with Gasteiger partial charge in [-0.15, -0.1) is 0 Å². The lowest BCUT2D eigenvalue weighted by Crippen LogP contribution is -2.34. The van der Waals surface area contributed by atoms with E-state index < -0.39 is 24.4 Å². The highest BCUT2D eigenvalue weighted by molar-refractivity contribution is 6.32. The van der Waals surface area contributed by atoms with Gasteiger partial charge < -0.3 is 18.9 Å². The Balaban J connectivity index is 1.55. The molecular formula is C18H14ClNO7. The summed E-state index contributed by atoms with van der Waals surface area (Å²) in [6, 6.07) is 8.92. The van der Waals surface area contributed by atoms with E-state index >= 15 is 0 Å². The number of carbonyl (C=O) groups excluding carboxylic acids is 3. The fraction of sp³-hybridized carbons (Fsp3) is 0.167. The first-order valence-corrected chi connectivity index (χ1v) is 8.10. The third kappa shape index (κ3) is 4.29. The topological polar surface area (TPSA) is 100 Å². The van der Waals surface area contributed by atoms with E-state index in [1.807, 2.05) is 0 Å². The number of amides is 2. The number of rotatable bonds is 5. The molecule has 0 unspecified atom stereocenters. The van der Waals surface area contributed by atoms with E-state index in [-0.39, 0.29) is 22.9 Å². The lowest BCUT2D eigenvalue weighted by Gasteiger charge is -2.07. The van der Waals surface area contributed by atoms with Gasteiger partial charge in [0.15, 0.2) is 18.1 Å². The molecule has 3 rings (SSSR count). The number of carbonyl (C=O) groups is 3. The molecule has 9 heteroatoms. The Bertz CT molecular complexity index is 895. The second kappa shape index (κ2) is 7.96. The van der Waals surface area contributed by atoms with Crippen molar-refractivity contribution in [1.29, 1.82) is 0 Å². The molecule has 1 aliphatic heterocycles. The van der Waals surface area contributed by atoms with Gasteiger partial charge >= 0.3 is 5.97 Å². The Morgan fingerprint density at radius 2 is 1.85 bits per heavy atom. The smallest absolute Gasteiger partial charge is 0.338 e. The number of hydrogen-bond donors (Lipinski definition) is 1. The van der Waals surface area contributed by atoms with E-state index in [1.165, 1.54) is 31.4 Å². The number of halogens is 1. The van der Waals surface area contributed by atoms with Crippen molar-refractivity contribution in [2.24, 2.45) is 0 Å². The van der Waals surface area contributed by atoms with Gasteiger partial charge in [-0.2, -0.15) is 0 Å². The van der Waals surface area contributed by atoms with Crippen LogP contribution in [-0.4, -0.2) is 38.3 Å². The molecule has 0 fully saturated rings. The van der Waals surface area contributed by atoms with Gasteiger partial charge in [-0.05, 0) is 36.4 Å². The third-order valence-corrected chi connectivity index (χ3v) is 3.88. The summed E-state index contributed by atoms with van der Waals surface area (Å²) in [4.78, 5) is 35.9. The first-order valence-electron chi connectivity index (χ1n) is 7.72. The number of hydrogen-bond acceptors (Lipinski definition) is 7. The number of ether oxygens (including phenoxy) is 4. The van der Waals surface area contributed by atoms with Crippen LogP contribution in [0.25, 0.3) is 0 Å². The zero-order valence-electron chi connectivity index (χ0n) is 14.1. The van der Waals surface area contributed by atoms with Crippen LogP contribution < -0.4 is 19.5 Å². The molecule has 1 heterocycles. The second-order valence-electron chi connectivity index (χ2n) is 5.37. The molecule has 0 bridgehead atoms. The first kappa shape index (κ1) is 18.5. The van der Waals surface area contributed by atoms with Gasteiger partial charge in [0, 0.05) is 5.56 Å². The largest absolute Gasteiger partial charge is 0.497 e. The molecule has 27 heavy (non-hydrogen) atoms. The van der Waals surface area contributed by atoms with Crippen molar-refractivity contribution < 1.29 is 33.3 Å². The number of nitrogens with one attached hydrogen (secondary N) is 1. The lowest BCUT2D eigenvalue weighted by atomic mass is 10.2. The van der Waals surface area contributed by atoms with Crippen molar-refractivity contribution in [3.05, 3.63) is 52.5 Å².